The molecule has 0 amide bonds. The number of rotatable bonds is 3. The summed E-state index contributed by atoms with van der Waals surface area (Å²) < 4.78 is 5.09. The number of para-hydroxylation sites is 1. The van der Waals surface area contributed by atoms with Crippen LogP contribution in [0.4, 0.5) is 17.2 Å². The average molecular weight is 254 g/mol. The van der Waals surface area contributed by atoms with Crippen molar-refractivity contribution >= 4 is 17.2 Å². The van der Waals surface area contributed by atoms with Crippen LogP contribution in [0.25, 0.3) is 0 Å². The summed E-state index contributed by atoms with van der Waals surface area (Å²) in [5.41, 5.74) is 7.77. The van der Waals surface area contributed by atoms with Crippen molar-refractivity contribution in [1.82, 2.24) is 4.98 Å². The molecule has 1 aromatic carbocycles. The Bertz CT molecular complexity index is 634. The van der Waals surface area contributed by atoms with Gasteiger partial charge in [-0.2, -0.15) is 10.2 Å². The monoisotopic (exact) mass is 254 g/mol. The predicted molar refractivity (Wildman–Crippen MR) is 74.4 cm³/mol. The molecule has 2 rings (SSSR count). The zero-order valence-electron chi connectivity index (χ0n) is 10.8. The number of nitriles is 1. The van der Waals surface area contributed by atoms with Gasteiger partial charge in [0.1, 0.15) is 6.07 Å². The van der Waals surface area contributed by atoms with E-state index in [1.54, 1.807) is 30.2 Å². The van der Waals surface area contributed by atoms with Gasteiger partial charge in [0.2, 0.25) is 5.88 Å². The molecule has 5 heteroatoms. The molecule has 1 aromatic heterocycles. The summed E-state index contributed by atoms with van der Waals surface area (Å²) in [5.74, 6) is 1.03. The van der Waals surface area contributed by atoms with Crippen molar-refractivity contribution in [2.75, 3.05) is 24.8 Å². The Morgan fingerprint density at radius 1 is 1.26 bits per heavy atom. The first-order valence-electron chi connectivity index (χ1n) is 5.70. The van der Waals surface area contributed by atoms with Gasteiger partial charge in [-0.25, -0.2) is 0 Å². The first-order chi connectivity index (χ1) is 9.17. The van der Waals surface area contributed by atoms with Crippen LogP contribution < -0.4 is 15.4 Å². The second kappa shape index (κ2) is 5.27. The lowest BCUT2D eigenvalue weighted by atomic mass is 10.2. The third-order valence-electron chi connectivity index (χ3n) is 2.79. The van der Waals surface area contributed by atoms with E-state index >= 15 is 0 Å². The van der Waals surface area contributed by atoms with E-state index in [2.05, 4.69) is 11.1 Å². The number of nitrogens with zero attached hydrogens (tertiary/aromatic N) is 3. The van der Waals surface area contributed by atoms with E-state index in [0.29, 0.717) is 22.9 Å². The number of aromatic nitrogens is 1. The Morgan fingerprint density at radius 3 is 2.68 bits per heavy atom. The van der Waals surface area contributed by atoms with Gasteiger partial charge in [-0.1, -0.05) is 12.1 Å². The smallest absolute Gasteiger partial charge is 0.215 e. The SMILES string of the molecule is COc1ccc(N)c(N(C)c2ccccc2C#N)n1. The number of ether oxygens (including phenoxy) is 1. The Hall–Kier alpha value is -2.74. The molecule has 0 aliphatic heterocycles. The maximum absolute atomic E-state index is 9.13. The summed E-state index contributed by atoms with van der Waals surface area (Å²) in [4.78, 5) is 6.09. The second-order valence-corrected chi connectivity index (χ2v) is 3.95. The summed E-state index contributed by atoms with van der Waals surface area (Å²) in [5, 5.41) is 9.13. The summed E-state index contributed by atoms with van der Waals surface area (Å²) in [7, 11) is 3.36. The van der Waals surface area contributed by atoms with Gasteiger partial charge in [-0.05, 0) is 18.2 Å². The maximum Gasteiger partial charge on any atom is 0.215 e. The van der Waals surface area contributed by atoms with Crippen molar-refractivity contribution in [2.45, 2.75) is 0 Å². The fraction of sp³-hybridized carbons (Fsp3) is 0.143. The molecule has 0 aliphatic rings. The zero-order chi connectivity index (χ0) is 13.8. The quantitative estimate of drug-likeness (QED) is 0.909. The van der Waals surface area contributed by atoms with Crippen molar-refractivity contribution in [2.24, 2.45) is 0 Å². The summed E-state index contributed by atoms with van der Waals surface area (Å²) >= 11 is 0. The highest BCUT2D eigenvalue weighted by molar-refractivity contribution is 5.74. The molecule has 0 aliphatic carbocycles. The van der Waals surface area contributed by atoms with Gasteiger partial charge in [0, 0.05) is 13.1 Å². The van der Waals surface area contributed by atoms with Crippen LogP contribution >= 0.6 is 0 Å². The van der Waals surface area contributed by atoms with E-state index in [1.165, 1.54) is 0 Å². The van der Waals surface area contributed by atoms with Gasteiger partial charge in [0.25, 0.3) is 0 Å². The Balaban J connectivity index is 2.50. The number of anilines is 3. The normalized spacial score (nSPS) is 9.74. The number of hydrogen-bond donors (Lipinski definition) is 1. The molecule has 0 saturated heterocycles. The van der Waals surface area contributed by atoms with E-state index in [0.717, 1.165) is 5.69 Å². The fourth-order valence-corrected chi connectivity index (χ4v) is 1.80. The highest BCUT2D eigenvalue weighted by atomic mass is 16.5. The third kappa shape index (κ3) is 2.43. The molecule has 19 heavy (non-hydrogen) atoms. The van der Waals surface area contributed by atoms with Crippen LogP contribution in [0.3, 0.4) is 0 Å². The predicted octanol–water partition coefficient (Wildman–Crippen LogP) is 2.31. The van der Waals surface area contributed by atoms with E-state index in [1.807, 2.05) is 25.2 Å². The lowest BCUT2D eigenvalue weighted by Gasteiger charge is -2.21. The van der Waals surface area contributed by atoms with Crippen LogP contribution in [0.15, 0.2) is 36.4 Å². The van der Waals surface area contributed by atoms with Crippen LogP contribution in [0.5, 0.6) is 5.88 Å². The number of hydrogen-bond acceptors (Lipinski definition) is 5. The highest BCUT2D eigenvalue weighted by Crippen LogP contribution is 2.30. The van der Waals surface area contributed by atoms with E-state index in [4.69, 9.17) is 15.7 Å². The van der Waals surface area contributed by atoms with Crippen molar-refractivity contribution < 1.29 is 4.74 Å². The van der Waals surface area contributed by atoms with Gasteiger partial charge in [-0.3, -0.25) is 0 Å². The van der Waals surface area contributed by atoms with Crippen LogP contribution in [0, 0.1) is 11.3 Å². The summed E-state index contributed by atoms with van der Waals surface area (Å²) in [6.07, 6.45) is 0. The number of nitrogen functional groups attached to an aromatic ring is 1. The first kappa shape index (κ1) is 12.7. The van der Waals surface area contributed by atoms with Gasteiger partial charge in [0.15, 0.2) is 5.82 Å². The van der Waals surface area contributed by atoms with Gasteiger partial charge < -0.3 is 15.4 Å². The molecule has 0 bridgehead atoms. The molecule has 5 nitrogen and oxygen atoms in total. The number of methoxy groups -OCH3 is 1. The number of pyridine rings is 1. The van der Waals surface area contributed by atoms with Crippen LogP contribution in [-0.4, -0.2) is 19.1 Å². The summed E-state index contributed by atoms with van der Waals surface area (Å²) in [6, 6.07) is 12.9. The van der Waals surface area contributed by atoms with Gasteiger partial charge in [0.05, 0.1) is 24.0 Å². The van der Waals surface area contributed by atoms with Crippen LogP contribution in [0.1, 0.15) is 5.56 Å². The van der Waals surface area contributed by atoms with Crippen LogP contribution in [0.2, 0.25) is 0 Å². The van der Waals surface area contributed by atoms with Crippen molar-refractivity contribution in [1.29, 1.82) is 5.26 Å². The third-order valence-corrected chi connectivity index (χ3v) is 2.79. The standard InChI is InChI=1S/C14H14N4O/c1-18(12-6-4-3-5-10(12)9-15)14-11(16)7-8-13(17-14)19-2/h3-8H,16H2,1-2H3. The zero-order valence-corrected chi connectivity index (χ0v) is 10.8. The van der Waals surface area contributed by atoms with Crippen molar-refractivity contribution in [3.63, 3.8) is 0 Å². The molecule has 2 N–H and O–H groups in total. The topological polar surface area (TPSA) is 75.2 Å². The lowest BCUT2D eigenvalue weighted by Crippen LogP contribution is -2.15. The molecular weight excluding hydrogens is 240 g/mol. The molecule has 0 radical (unpaired) electrons. The van der Waals surface area contributed by atoms with Crippen molar-refractivity contribution in [3.8, 4) is 11.9 Å². The number of nitrogens with two attached hydrogens (primary N) is 1. The molecule has 0 saturated carbocycles. The lowest BCUT2D eigenvalue weighted by molar-refractivity contribution is 0.398. The molecule has 0 fully saturated rings. The van der Waals surface area contributed by atoms with E-state index in [-0.39, 0.29) is 0 Å². The highest BCUT2D eigenvalue weighted by Gasteiger charge is 2.13. The number of benzene rings is 1. The minimum Gasteiger partial charge on any atom is -0.481 e. The molecule has 1 heterocycles. The Kier molecular flexibility index (Phi) is 3.53. The molecule has 0 spiro atoms. The molecular formula is C14H14N4O. The largest absolute Gasteiger partial charge is 0.481 e. The summed E-state index contributed by atoms with van der Waals surface area (Å²) in [6.45, 7) is 0. The minimum atomic E-state index is 0.477. The second-order valence-electron chi connectivity index (χ2n) is 3.95. The first-order valence-corrected chi connectivity index (χ1v) is 5.70. The van der Waals surface area contributed by atoms with Gasteiger partial charge >= 0.3 is 0 Å². The maximum atomic E-state index is 9.13. The van der Waals surface area contributed by atoms with E-state index < -0.39 is 0 Å². The Morgan fingerprint density at radius 2 is 2.00 bits per heavy atom. The van der Waals surface area contributed by atoms with Crippen LogP contribution in [-0.2, 0) is 0 Å². The van der Waals surface area contributed by atoms with E-state index in [9.17, 15) is 0 Å². The molecule has 96 valence electrons. The van der Waals surface area contributed by atoms with Crippen molar-refractivity contribution in [3.05, 3.63) is 42.0 Å². The minimum absolute atomic E-state index is 0.477. The molecule has 0 unspecified atom stereocenters. The molecule has 2 aromatic rings. The van der Waals surface area contributed by atoms with Gasteiger partial charge in [-0.15, -0.1) is 0 Å². The fourth-order valence-electron chi connectivity index (χ4n) is 1.80. The average Bonchev–Trinajstić information content (AvgIpc) is 2.47. The Labute approximate surface area is 111 Å². The molecule has 0 atom stereocenters.